The fourth-order valence-corrected chi connectivity index (χ4v) is 2.29. The fraction of sp³-hybridized carbons (Fsp3) is 0.154. The minimum absolute atomic E-state index is 0.527. The first-order chi connectivity index (χ1) is 8.20. The van der Waals surface area contributed by atoms with Gasteiger partial charge in [-0.1, -0.05) is 0 Å². The van der Waals surface area contributed by atoms with Gasteiger partial charge in [-0.3, -0.25) is 0 Å². The average molecular weight is 243 g/mol. The van der Waals surface area contributed by atoms with Crippen molar-refractivity contribution < 1.29 is 0 Å². The lowest BCUT2D eigenvalue weighted by molar-refractivity contribution is 0.927. The number of hydrogen-bond donors (Lipinski definition) is 1. The quantitative estimate of drug-likeness (QED) is 0.843. The third-order valence-electron chi connectivity index (χ3n) is 2.60. The Kier molecular flexibility index (Phi) is 3.31. The number of nitrogen functional groups attached to an aromatic ring is 1. The highest BCUT2D eigenvalue weighted by Gasteiger charge is 2.05. The van der Waals surface area contributed by atoms with Gasteiger partial charge in [-0.2, -0.15) is 16.6 Å². The van der Waals surface area contributed by atoms with Crippen molar-refractivity contribution in [2.24, 2.45) is 0 Å². The van der Waals surface area contributed by atoms with Gasteiger partial charge in [-0.05, 0) is 40.6 Å². The second kappa shape index (κ2) is 4.89. The van der Waals surface area contributed by atoms with Crippen LogP contribution < -0.4 is 10.6 Å². The van der Waals surface area contributed by atoms with Gasteiger partial charge in [0.15, 0.2) is 0 Å². The summed E-state index contributed by atoms with van der Waals surface area (Å²) in [6, 6.07) is 9.73. The molecule has 0 aliphatic rings. The number of nitrogens with two attached hydrogens (primary N) is 1. The Morgan fingerprint density at radius 2 is 2.24 bits per heavy atom. The van der Waals surface area contributed by atoms with Gasteiger partial charge in [0, 0.05) is 25.0 Å². The van der Waals surface area contributed by atoms with E-state index in [0.29, 0.717) is 11.3 Å². The average Bonchev–Trinajstić information content (AvgIpc) is 2.82. The zero-order valence-corrected chi connectivity index (χ0v) is 10.4. The largest absolute Gasteiger partial charge is 0.398 e. The maximum Gasteiger partial charge on any atom is 0.101 e. The van der Waals surface area contributed by atoms with E-state index < -0.39 is 0 Å². The van der Waals surface area contributed by atoms with Crippen molar-refractivity contribution in [1.82, 2.24) is 0 Å². The fourth-order valence-electron chi connectivity index (χ4n) is 1.63. The van der Waals surface area contributed by atoms with Crippen LogP contribution in [0.25, 0.3) is 0 Å². The molecule has 4 heteroatoms. The zero-order valence-electron chi connectivity index (χ0n) is 9.55. The monoisotopic (exact) mass is 243 g/mol. The van der Waals surface area contributed by atoms with Gasteiger partial charge in [-0.15, -0.1) is 0 Å². The molecule has 0 radical (unpaired) electrons. The van der Waals surface area contributed by atoms with Gasteiger partial charge in [0.2, 0.25) is 0 Å². The Bertz CT molecular complexity index is 540. The highest BCUT2D eigenvalue weighted by molar-refractivity contribution is 7.07. The van der Waals surface area contributed by atoms with E-state index in [0.717, 1.165) is 12.2 Å². The van der Waals surface area contributed by atoms with E-state index in [2.05, 4.69) is 27.8 Å². The molecule has 0 aliphatic heterocycles. The summed E-state index contributed by atoms with van der Waals surface area (Å²) in [4.78, 5) is 2.10. The molecule has 1 aromatic heterocycles. The first-order valence-electron chi connectivity index (χ1n) is 5.22. The summed E-state index contributed by atoms with van der Waals surface area (Å²) in [7, 11) is 2.00. The summed E-state index contributed by atoms with van der Waals surface area (Å²) in [5.41, 5.74) is 9.03. The Hall–Kier alpha value is -1.99. The third kappa shape index (κ3) is 2.58. The molecule has 2 rings (SSSR count). The van der Waals surface area contributed by atoms with Gasteiger partial charge in [-0.25, -0.2) is 0 Å². The SMILES string of the molecule is CN(Cc1ccsc1)c1ccc(N)c(C#N)c1. The summed E-state index contributed by atoms with van der Waals surface area (Å²) in [5, 5.41) is 13.1. The van der Waals surface area contributed by atoms with Crippen LogP contribution in [0.4, 0.5) is 11.4 Å². The molecule has 3 nitrogen and oxygen atoms in total. The molecule has 0 saturated heterocycles. The molecule has 1 aromatic carbocycles. The van der Waals surface area contributed by atoms with E-state index in [-0.39, 0.29) is 0 Å². The van der Waals surface area contributed by atoms with Crippen LogP contribution >= 0.6 is 11.3 Å². The summed E-state index contributed by atoms with van der Waals surface area (Å²) in [6.07, 6.45) is 0. The van der Waals surface area contributed by atoms with Crippen molar-refractivity contribution in [3.63, 3.8) is 0 Å². The standard InChI is InChI=1S/C13H13N3S/c1-16(8-10-4-5-17-9-10)12-2-3-13(15)11(6-12)7-14/h2-6,9H,8,15H2,1H3. The van der Waals surface area contributed by atoms with E-state index in [9.17, 15) is 0 Å². The molecule has 0 saturated carbocycles. The van der Waals surface area contributed by atoms with Crippen LogP contribution in [0.15, 0.2) is 35.0 Å². The first-order valence-corrected chi connectivity index (χ1v) is 6.17. The smallest absolute Gasteiger partial charge is 0.101 e. The normalized spacial score (nSPS) is 9.88. The Labute approximate surface area is 105 Å². The van der Waals surface area contributed by atoms with Crippen LogP contribution in [0.3, 0.4) is 0 Å². The molecule has 17 heavy (non-hydrogen) atoms. The van der Waals surface area contributed by atoms with Gasteiger partial charge >= 0.3 is 0 Å². The molecule has 0 aliphatic carbocycles. The first kappa shape index (κ1) is 11.5. The van der Waals surface area contributed by atoms with Crippen LogP contribution in [-0.2, 0) is 6.54 Å². The van der Waals surface area contributed by atoms with Crippen LogP contribution in [-0.4, -0.2) is 7.05 Å². The maximum atomic E-state index is 8.93. The molecule has 2 aromatic rings. The summed E-state index contributed by atoms with van der Waals surface area (Å²) in [6.45, 7) is 0.832. The Morgan fingerprint density at radius 1 is 1.41 bits per heavy atom. The van der Waals surface area contributed by atoms with Gasteiger partial charge in [0.1, 0.15) is 6.07 Å². The molecule has 1 heterocycles. The maximum absolute atomic E-state index is 8.93. The molecule has 0 spiro atoms. The summed E-state index contributed by atoms with van der Waals surface area (Å²) >= 11 is 1.69. The molecular weight excluding hydrogens is 230 g/mol. The van der Waals surface area contributed by atoms with Crippen LogP contribution in [0, 0.1) is 11.3 Å². The second-order valence-electron chi connectivity index (χ2n) is 3.87. The summed E-state index contributed by atoms with van der Waals surface area (Å²) < 4.78 is 0. The topological polar surface area (TPSA) is 53.0 Å². The number of nitriles is 1. The lowest BCUT2D eigenvalue weighted by Crippen LogP contribution is -2.16. The Morgan fingerprint density at radius 3 is 2.88 bits per heavy atom. The molecule has 0 amide bonds. The summed E-state index contributed by atoms with van der Waals surface area (Å²) in [5.74, 6) is 0. The highest BCUT2D eigenvalue weighted by atomic mass is 32.1. The molecule has 0 atom stereocenters. The number of benzene rings is 1. The van der Waals surface area contributed by atoms with Crippen molar-refractivity contribution in [1.29, 1.82) is 5.26 Å². The minimum Gasteiger partial charge on any atom is -0.398 e. The molecule has 0 fully saturated rings. The van der Waals surface area contributed by atoms with E-state index in [1.807, 2.05) is 19.2 Å². The van der Waals surface area contributed by atoms with Crippen LogP contribution in [0.1, 0.15) is 11.1 Å². The van der Waals surface area contributed by atoms with E-state index >= 15 is 0 Å². The second-order valence-corrected chi connectivity index (χ2v) is 4.65. The predicted octanol–water partition coefficient (Wildman–Crippen LogP) is 2.84. The number of hydrogen-bond acceptors (Lipinski definition) is 4. The highest BCUT2D eigenvalue weighted by Crippen LogP contribution is 2.21. The van der Waals surface area contributed by atoms with Crippen LogP contribution in [0.5, 0.6) is 0 Å². The minimum atomic E-state index is 0.527. The molecule has 0 unspecified atom stereocenters. The number of nitrogens with zero attached hydrogens (tertiary/aromatic N) is 2. The van der Waals surface area contributed by atoms with E-state index in [1.54, 1.807) is 17.4 Å². The molecule has 2 N–H and O–H groups in total. The number of anilines is 2. The Balaban J connectivity index is 2.20. The number of thiophene rings is 1. The molecular formula is C13H13N3S. The lowest BCUT2D eigenvalue weighted by Gasteiger charge is -2.19. The van der Waals surface area contributed by atoms with Crippen molar-refractivity contribution in [3.8, 4) is 6.07 Å². The van der Waals surface area contributed by atoms with Gasteiger partial charge < -0.3 is 10.6 Å². The molecule has 0 bridgehead atoms. The van der Waals surface area contributed by atoms with Gasteiger partial charge in [0.25, 0.3) is 0 Å². The van der Waals surface area contributed by atoms with Gasteiger partial charge in [0.05, 0.1) is 5.56 Å². The zero-order chi connectivity index (χ0) is 12.3. The van der Waals surface area contributed by atoms with Crippen molar-refractivity contribution in [3.05, 3.63) is 46.2 Å². The van der Waals surface area contributed by atoms with Crippen LogP contribution in [0.2, 0.25) is 0 Å². The molecule has 86 valence electrons. The lowest BCUT2D eigenvalue weighted by atomic mass is 10.1. The van der Waals surface area contributed by atoms with E-state index in [1.165, 1.54) is 5.56 Å². The number of rotatable bonds is 3. The van der Waals surface area contributed by atoms with Crippen molar-refractivity contribution in [2.45, 2.75) is 6.54 Å². The van der Waals surface area contributed by atoms with Crippen molar-refractivity contribution in [2.75, 3.05) is 17.7 Å². The van der Waals surface area contributed by atoms with E-state index in [4.69, 9.17) is 11.0 Å². The van der Waals surface area contributed by atoms with Crippen molar-refractivity contribution >= 4 is 22.7 Å². The predicted molar refractivity (Wildman–Crippen MR) is 72.0 cm³/mol. The third-order valence-corrected chi connectivity index (χ3v) is 3.33.